The molecule has 2 N–H and O–H groups in total. The first kappa shape index (κ1) is 19.3. The fourth-order valence-corrected chi connectivity index (χ4v) is 3.00. The zero-order chi connectivity index (χ0) is 20.1. The Labute approximate surface area is 162 Å². The summed E-state index contributed by atoms with van der Waals surface area (Å²) in [6, 6.07) is 13.3. The fraction of sp³-hybridized carbons (Fsp3) is 0.238. The van der Waals surface area contributed by atoms with E-state index < -0.39 is 5.91 Å². The lowest BCUT2D eigenvalue weighted by atomic mass is 10.1. The molecule has 0 bridgehead atoms. The van der Waals surface area contributed by atoms with Gasteiger partial charge in [-0.15, -0.1) is 0 Å². The first-order valence-corrected chi connectivity index (χ1v) is 9.03. The van der Waals surface area contributed by atoms with E-state index in [1.807, 2.05) is 0 Å². The summed E-state index contributed by atoms with van der Waals surface area (Å²) in [4.78, 5) is 49.1. The molecule has 0 unspecified atom stereocenters. The van der Waals surface area contributed by atoms with Gasteiger partial charge in [-0.25, -0.2) is 0 Å². The highest BCUT2D eigenvalue weighted by Crippen LogP contribution is 2.21. The van der Waals surface area contributed by atoms with E-state index in [0.717, 1.165) is 12.1 Å². The van der Waals surface area contributed by atoms with E-state index in [9.17, 15) is 19.2 Å². The number of ketones is 1. The Morgan fingerprint density at radius 1 is 1.04 bits per heavy atom. The van der Waals surface area contributed by atoms with Crippen molar-refractivity contribution in [2.24, 2.45) is 0 Å². The van der Waals surface area contributed by atoms with Gasteiger partial charge in [-0.05, 0) is 49.7 Å². The molecular weight excluding hydrogens is 358 g/mol. The van der Waals surface area contributed by atoms with Gasteiger partial charge in [0.05, 0.1) is 6.54 Å². The summed E-state index contributed by atoms with van der Waals surface area (Å²) in [7, 11) is 0. The number of hydrogen-bond donors (Lipinski definition) is 2. The lowest BCUT2D eigenvalue weighted by Gasteiger charge is -2.15. The molecule has 28 heavy (non-hydrogen) atoms. The van der Waals surface area contributed by atoms with Crippen molar-refractivity contribution >= 4 is 34.9 Å². The molecule has 0 aromatic heterocycles. The van der Waals surface area contributed by atoms with Gasteiger partial charge in [0.1, 0.15) is 0 Å². The summed E-state index contributed by atoms with van der Waals surface area (Å²) >= 11 is 0. The number of rotatable bonds is 6. The van der Waals surface area contributed by atoms with Crippen LogP contribution in [0.1, 0.15) is 40.5 Å². The Morgan fingerprint density at radius 3 is 2.43 bits per heavy atom. The third-order valence-corrected chi connectivity index (χ3v) is 4.48. The van der Waals surface area contributed by atoms with Gasteiger partial charge in [-0.1, -0.05) is 12.1 Å². The number of Topliss-reactive ketones (excluding diaryl/α,β-unsaturated/α-hetero) is 1. The van der Waals surface area contributed by atoms with Gasteiger partial charge in [0.25, 0.3) is 5.91 Å². The first-order valence-electron chi connectivity index (χ1n) is 9.03. The van der Waals surface area contributed by atoms with Crippen molar-refractivity contribution in [3.05, 3.63) is 59.7 Å². The van der Waals surface area contributed by atoms with E-state index in [4.69, 9.17) is 0 Å². The Kier molecular flexibility index (Phi) is 5.84. The van der Waals surface area contributed by atoms with Crippen LogP contribution in [0.5, 0.6) is 0 Å². The number of carbonyl (C=O) groups excluding carboxylic acids is 4. The van der Waals surface area contributed by atoms with Crippen LogP contribution in [0.3, 0.4) is 0 Å². The summed E-state index contributed by atoms with van der Waals surface area (Å²) in [5.41, 5.74) is 2.16. The molecule has 1 saturated heterocycles. The van der Waals surface area contributed by atoms with Crippen LogP contribution in [-0.4, -0.2) is 36.6 Å². The average Bonchev–Trinajstić information content (AvgIpc) is 3.12. The highest BCUT2D eigenvalue weighted by Gasteiger charge is 2.21. The molecule has 3 amide bonds. The predicted molar refractivity (Wildman–Crippen MR) is 105 cm³/mol. The van der Waals surface area contributed by atoms with Gasteiger partial charge in [-0.2, -0.15) is 0 Å². The molecule has 1 fully saturated rings. The fourth-order valence-electron chi connectivity index (χ4n) is 3.00. The molecule has 0 saturated carbocycles. The molecular formula is C21H21N3O4. The van der Waals surface area contributed by atoms with E-state index >= 15 is 0 Å². The number of carbonyl (C=O) groups is 4. The summed E-state index contributed by atoms with van der Waals surface area (Å²) in [5.74, 6) is -0.786. The van der Waals surface area contributed by atoms with Crippen LogP contribution in [0.15, 0.2) is 48.5 Å². The quantitative estimate of drug-likeness (QED) is 0.754. The number of benzene rings is 2. The summed E-state index contributed by atoms with van der Waals surface area (Å²) < 4.78 is 0. The Hall–Kier alpha value is -3.48. The van der Waals surface area contributed by atoms with Crippen LogP contribution in [0.25, 0.3) is 0 Å². The number of nitrogens with one attached hydrogen (secondary N) is 2. The van der Waals surface area contributed by atoms with Crippen LogP contribution in [-0.2, 0) is 9.59 Å². The van der Waals surface area contributed by atoms with Crippen molar-refractivity contribution in [2.45, 2.75) is 19.8 Å². The standard InChI is InChI=1S/C21H21N3O4/c1-14(25)16-4-2-5-17(12-16)23-19(26)13-22-21(28)15-7-9-18(10-8-15)24-11-3-6-20(24)27/h2,4-5,7-10,12H,3,6,11,13H2,1H3,(H,22,28)(H,23,26). The molecule has 0 atom stereocenters. The number of hydrogen-bond acceptors (Lipinski definition) is 4. The van der Waals surface area contributed by atoms with Crippen molar-refractivity contribution in [3.8, 4) is 0 Å². The molecule has 1 aliphatic heterocycles. The van der Waals surface area contributed by atoms with Gasteiger partial charge in [0.2, 0.25) is 11.8 Å². The molecule has 0 radical (unpaired) electrons. The van der Waals surface area contributed by atoms with Crippen LogP contribution in [0, 0.1) is 0 Å². The van der Waals surface area contributed by atoms with Crippen molar-refractivity contribution < 1.29 is 19.2 Å². The summed E-state index contributed by atoms with van der Waals surface area (Å²) in [6.45, 7) is 1.94. The molecule has 7 heteroatoms. The topological polar surface area (TPSA) is 95.6 Å². The van der Waals surface area contributed by atoms with E-state index in [0.29, 0.717) is 29.8 Å². The molecule has 3 rings (SSSR count). The minimum atomic E-state index is -0.395. The third-order valence-electron chi connectivity index (χ3n) is 4.48. The highest BCUT2D eigenvalue weighted by atomic mass is 16.2. The molecule has 144 valence electrons. The molecule has 0 spiro atoms. The van der Waals surface area contributed by atoms with Crippen molar-refractivity contribution in [1.82, 2.24) is 5.32 Å². The van der Waals surface area contributed by atoms with Gasteiger partial charge < -0.3 is 15.5 Å². The molecule has 1 heterocycles. The zero-order valence-electron chi connectivity index (χ0n) is 15.5. The predicted octanol–water partition coefficient (Wildman–Crippen LogP) is 2.38. The maximum absolute atomic E-state index is 12.2. The SMILES string of the molecule is CC(=O)c1cccc(NC(=O)CNC(=O)c2ccc(N3CCCC3=O)cc2)c1. The third kappa shape index (κ3) is 4.62. The largest absolute Gasteiger partial charge is 0.343 e. The van der Waals surface area contributed by atoms with Gasteiger partial charge >= 0.3 is 0 Å². The first-order chi connectivity index (χ1) is 13.4. The minimum Gasteiger partial charge on any atom is -0.343 e. The van der Waals surface area contributed by atoms with Crippen LogP contribution < -0.4 is 15.5 Å². The van der Waals surface area contributed by atoms with E-state index in [2.05, 4.69) is 10.6 Å². The number of amides is 3. The average molecular weight is 379 g/mol. The maximum atomic E-state index is 12.2. The van der Waals surface area contributed by atoms with Crippen LogP contribution >= 0.6 is 0 Å². The van der Waals surface area contributed by atoms with E-state index in [1.165, 1.54) is 6.92 Å². The van der Waals surface area contributed by atoms with E-state index in [-0.39, 0.29) is 24.1 Å². The smallest absolute Gasteiger partial charge is 0.251 e. The Bertz CT molecular complexity index is 922. The number of nitrogens with zero attached hydrogens (tertiary/aromatic N) is 1. The van der Waals surface area contributed by atoms with Crippen molar-refractivity contribution in [3.63, 3.8) is 0 Å². The lowest BCUT2D eigenvalue weighted by Crippen LogP contribution is -2.33. The molecule has 0 aliphatic carbocycles. The van der Waals surface area contributed by atoms with Crippen LogP contribution in [0.2, 0.25) is 0 Å². The molecule has 7 nitrogen and oxygen atoms in total. The lowest BCUT2D eigenvalue weighted by molar-refractivity contribution is -0.117. The monoisotopic (exact) mass is 379 g/mol. The van der Waals surface area contributed by atoms with Crippen molar-refractivity contribution in [2.75, 3.05) is 23.3 Å². The van der Waals surface area contributed by atoms with Gasteiger partial charge in [0.15, 0.2) is 5.78 Å². The maximum Gasteiger partial charge on any atom is 0.251 e. The summed E-state index contributed by atoms with van der Waals surface area (Å²) in [5, 5.41) is 5.20. The molecule has 2 aromatic carbocycles. The van der Waals surface area contributed by atoms with Crippen molar-refractivity contribution in [1.29, 1.82) is 0 Å². The van der Waals surface area contributed by atoms with Gasteiger partial charge in [0, 0.05) is 35.5 Å². The molecule has 1 aliphatic rings. The normalized spacial score (nSPS) is 13.3. The Balaban J connectivity index is 1.53. The van der Waals surface area contributed by atoms with Crippen LogP contribution in [0.4, 0.5) is 11.4 Å². The number of anilines is 2. The zero-order valence-corrected chi connectivity index (χ0v) is 15.5. The van der Waals surface area contributed by atoms with E-state index in [1.54, 1.807) is 53.4 Å². The second-order valence-electron chi connectivity index (χ2n) is 6.56. The molecule has 2 aromatic rings. The van der Waals surface area contributed by atoms with Gasteiger partial charge in [-0.3, -0.25) is 19.2 Å². The summed E-state index contributed by atoms with van der Waals surface area (Å²) in [6.07, 6.45) is 1.39. The second kappa shape index (κ2) is 8.47. The second-order valence-corrected chi connectivity index (χ2v) is 6.56. The minimum absolute atomic E-state index is 0.0858. The highest BCUT2D eigenvalue weighted by molar-refractivity contribution is 6.01. The Morgan fingerprint density at radius 2 is 1.79 bits per heavy atom.